The molecule has 0 aliphatic carbocycles. The van der Waals surface area contributed by atoms with Gasteiger partial charge in [-0.3, -0.25) is 10.1 Å². The molecule has 0 aliphatic rings. The van der Waals surface area contributed by atoms with Gasteiger partial charge in [0.15, 0.2) is 0 Å². The van der Waals surface area contributed by atoms with Crippen LogP contribution in [0, 0.1) is 10.1 Å². The molecule has 0 atom stereocenters. The predicted octanol–water partition coefficient (Wildman–Crippen LogP) is 4.69. The molecule has 0 fully saturated rings. The summed E-state index contributed by atoms with van der Waals surface area (Å²) in [5, 5.41) is 11.1. The average molecular weight is 292 g/mol. The van der Waals surface area contributed by atoms with Crippen molar-refractivity contribution in [3.63, 3.8) is 0 Å². The first-order chi connectivity index (χ1) is 9.63. The van der Waals surface area contributed by atoms with Crippen LogP contribution < -0.4 is 4.74 Å². The molecule has 0 N–H and O–H groups in total. The van der Waals surface area contributed by atoms with Crippen LogP contribution in [0.15, 0.2) is 42.5 Å². The Morgan fingerprint density at radius 1 is 1.15 bits per heavy atom. The fourth-order valence-electron chi connectivity index (χ4n) is 1.80. The molecule has 2 aromatic rings. The molecule has 2 aromatic carbocycles. The van der Waals surface area contributed by atoms with Crippen molar-refractivity contribution in [3.05, 3.63) is 63.7 Å². The third kappa shape index (κ3) is 3.27. The van der Waals surface area contributed by atoms with E-state index < -0.39 is 4.92 Å². The largest absolute Gasteiger partial charge is 0.450 e. The third-order valence-corrected chi connectivity index (χ3v) is 3.24. The van der Waals surface area contributed by atoms with Crippen molar-refractivity contribution in [1.29, 1.82) is 0 Å². The van der Waals surface area contributed by atoms with Gasteiger partial charge in [-0.05, 0) is 35.7 Å². The van der Waals surface area contributed by atoms with Crippen molar-refractivity contribution < 1.29 is 9.66 Å². The number of alkyl halides is 1. The van der Waals surface area contributed by atoms with Crippen LogP contribution in [-0.4, -0.2) is 4.92 Å². The molecule has 0 radical (unpaired) electrons. The van der Waals surface area contributed by atoms with E-state index in [9.17, 15) is 10.1 Å². The first kappa shape index (κ1) is 14.3. The predicted molar refractivity (Wildman–Crippen MR) is 78.5 cm³/mol. The summed E-state index contributed by atoms with van der Waals surface area (Å²) in [6.45, 7) is 2.06. The maximum atomic E-state index is 11.1. The van der Waals surface area contributed by atoms with E-state index in [4.69, 9.17) is 16.3 Å². The van der Waals surface area contributed by atoms with Crippen LogP contribution in [0.4, 0.5) is 5.69 Å². The number of hydrogen-bond donors (Lipinski definition) is 0. The molecule has 0 amide bonds. The van der Waals surface area contributed by atoms with Gasteiger partial charge < -0.3 is 4.74 Å². The van der Waals surface area contributed by atoms with Gasteiger partial charge in [-0.15, -0.1) is 11.6 Å². The molecule has 0 heterocycles. The molecule has 0 aliphatic heterocycles. The van der Waals surface area contributed by atoms with Crippen molar-refractivity contribution >= 4 is 17.3 Å². The summed E-state index contributed by atoms with van der Waals surface area (Å²) in [7, 11) is 0. The highest BCUT2D eigenvalue weighted by molar-refractivity contribution is 6.17. The Morgan fingerprint density at radius 3 is 2.35 bits per heavy atom. The number of ether oxygens (including phenoxy) is 1. The molecule has 104 valence electrons. The van der Waals surface area contributed by atoms with Gasteiger partial charge in [-0.25, -0.2) is 0 Å². The Balaban J connectivity index is 2.29. The maximum absolute atomic E-state index is 11.1. The van der Waals surface area contributed by atoms with E-state index >= 15 is 0 Å². The van der Waals surface area contributed by atoms with E-state index in [1.165, 1.54) is 11.6 Å². The van der Waals surface area contributed by atoms with Crippen LogP contribution in [0.3, 0.4) is 0 Å². The summed E-state index contributed by atoms with van der Waals surface area (Å²) in [6, 6.07) is 12.2. The average Bonchev–Trinajstić information content (AvgIpc) is 2.48. The molecule has 0 bridgehead atoms. The van der Waals surface area contributed by atoms with Gasteiger partial charge in [-0.2, -0.15) is 0 Å². The number of halogens is 1. The van der Waals surface area contributed by atoms with E-state index in [1.54, 1.807) is 24.3 Å². The second-order valence-electron chi connectivity index (χ2n) is 4.29. The molecule has 0 saturated carbocycles. The molecule has 5 heteroatoms. The smallest absolute Gasteiger partial charge is 0.311 e. The highest BCUT2D eigenvalue weighted by Crippen LogP contribution is 2.32. The Labute approximate surface area is 122 Å². The lowest BCUT2D eigenvalue weighted by atomic mass is 10.2. The molecule has 4 nitrogen and oxygen atoms in total. The SMILES string of the molecule is CCc1ccc(Oc2ccc(CCl)cc2[N+](=O)[O-])cc1. The van der Waals surface area contributed by atoms with Gasteiger partial charge in [0.25, 0.3) is 0 Å². The van der Waals surface area contributed by atoms with Gasteiger partial charge in [0.1, 0.15) is 5.75 Å². The van der Waals surface area contributed by atoms with Crippen LogP contribution in [0.25, 0.3) is 0 Å². The van der Waals surface area contributed by atoms with E-state index in [2.05, 4.69) is 6.92 Å². The highest BCUT2D eigenvalue weighted by Gasteiger charge is 2.16. The second-order valence-corrected chi connectivity index (χ2v) is 4.56. The lowest BCUT2D eigenvalue weighted by molar-refractivity contribution is -0.385. The number of aryl methyl sites for hydroxylation is 1. The minimum Gasteiger partial charge on any atom is -0.450 e. The number of nitro benzene ring substituents is 1. The molecular weight excluding hydrogens is 278 g/mol. The fourth-order valence-corrected chi connectivity index (χ4v) is 1.96. The molecule has 0 spiro atoms. The normalized spacial score (nSPS) is 10.3. The van der Waals surface area contributed by atoms with Crippen molar-refractivity contribution in [2.75, 3.05) is 0 Å². The molecule has 0 unspecified atom stereocenters. The zero-order chi connectivity index (χ0) is 14.5. The fraction of sp³-hybridized carbons (Fsp3) is 0.200. The number of hydrogen-bond acceptors (Lipinski definition) is 3. The summed E-state index contributed by atoms with van der Waals surface area (Å²) in [6.07, 6.45) is 0.935. The van der Waals surface area contributed by atoms with E-state index in [0.717, 1.165) is 6.42 Å². The van der Waals surface area contributed by atoms with Crippen LogP contribution in [0.2, 0.25) is 0 Å². The minimum atomic E-state index is -0.466. The summed E-state index contributed by atoms with van der Waals surface area (Å²) in [4.78, 5) is 10.6. The topological polar surface area (TPSA) is 52.4 Å². The van der Waals surface area contributed by atoms with E-state index in [0.29, 0.717) is 11.3 Å². The van der Waals surface area contributed by atoms with Gasteiger partial charge >= 0.3 is 5.69 Å². The Hall–Kier alpha value is -2.07. The Morgan fingerprint density at radius 2 is 1.80 bits per heavy atom. The van der Waals surface area contributed by atoms with Gasteiger partial charge in [0.2, 0.25) is 5.75 Å². The van der Waals surface area contributed by atoms with E-state index in [1.807, 2.05) is 12.1 Å². The zero-order valence-corrected chi connectivity index (χ0v) is 11.8. The quantitative estimate of drug-likeness (QED) is 0.456. The monoisotopic (exact) mass is 291 g/mol. The molecule has 0 aromatic heterocycles. The Bertz CT molecular complexity index is 611. The zero-order valence-electron chi connectivity index (χ0n) is 11.0. The third-order valence-electron chi connectivity index (χ3n) is 2.93. The second kappa shape index (κ2) is 6.39. The van der Waals surface area contributed by atoms with Crippen LogP contribution in [0.5, 0.6) is 11.5 Å². The van der Waals surface area contributed by atoms with Crippen LogP contribution in [-0.2, 0) is 12.3 Å². The lowest BCUT2D eigenvalue weighted by Gasteiger charge is -2.07. The number of rotatable bonds is 5. The van der Waals surface area contributed by atoms with Crippen molar-refractivity contribution in [1.82, 2.24) is 0 Å². The van der Waals surface area contributed by atoms with Gasteiger partial charge in [0, 0.05) is 11.9 Å². The van der Waals surface area contributed by atoms with Crippen molar-refractivity contribution in [2.45, 2.75) is 19.2 Å². The molecule has 2 rings (SSSR count). The summed E-state index contributed by atoms with van der Waals surface area (Å²) in [5.74, 6) is 1.02. The highest BCUT2D eigenvalue weighted by atomic mass is 35.5. The maximum Gasteiger partial charge on any atom is 0.311 e. The lowest BCUT2D eigenvalue weighted by Crippen LogP contribution is -1.95. The Kier molecular flexibility index (Phi) is 4.58. The first-order valence-corrected chi connectivity index (χ1v) is 6.77. The molecule has 0 saturated heterocycles. The number of nitro groups is 1. The van der Waals surface area contributed by atoms with Gasteiger partial charge in [0.05, 0.1) is 4.92 Å². The van der Waals surface area contributed by atoms with Crippen LogP contribution in [0.1, 0.15) is 18.1 Å². The van der Waals surface area contributed by atoms with Gasteiger partial charge in [-0.1, -0.05) is 25.1 Å². The summed E-state index contributed by atoms with van der Waals surface area (Å²) in [5.41, 5.74) is 1.79. The van der Waals surface area contributed by atoms with E-state index in [-0.39, 0.29) is 17.3 Å². The van der Waals surface area contributed by atoms with Crippen LogP contribution >= 0.6 is 11.6 Å². The van der Waals surface area contributed by atoms with Crippen molar-refractivity contribution in [2.24, 2.45) is 0 Å². The standard InChI is InChI=1S/C15H14ClNO3/c1-2-11-3-6-13(7-4-11)20-15-8-5-12(10-16)9-14(15)17(18)19/h3-9H,2,10H2,1H3. The molecular formula is C15H14ClNO3. The molecule has 20 heavy (non-hydrogen) atoms. The minimum absolute atomic E-state index is 0.0808. The summed E-state index contributed by atoms with van der Waals surface area (Å²) < 4.78 is 5.59. The summed E-state index contributed by atoms with van der Waals surface area (Å²) >= 11 is 5.69. The number of nitrogens with zero attached hydrogens (tertiary/aromatic N) is 1. The number of benzene rings is 2. The first-order valence-electron chi connectivity index (χ1n) is 6.24. The van der Waals surface area contributed by atoms with Crippen molar-refractivity contribution in [3.8, 4) is 11.5 Å².